The van der Waals surface area contributed by atoms with E-state index in [1.54, 1.807) is 0 Å². The molecule has 2 aliphatic rings. The van der Waals surface area contributed by atoms with Crippen molar-refractivity contribution in [3.8, 4) is 5.75 Å². The Kier molecular flexibility index (Phi) is 6.29. The molecule has 6 heteroatoms. The predicted molar refractivity (Wildman–Crippen MR) is 94.7 cm³/mol. The zero-order chi connectivity index (χ0) is 17.6. The number of aliphatic carboxylic acids is 1. The standard InChI is InChI=1S/C19H28N2O4/c22-16-12-18(19(23)24)21(14-16)13-15-5-4-6-17(11-15)25-10-9-20-7-2-1-3-8-20/h4-6,11,16,18,22H,1-3,7-10,12-14H2,(H,23,24)/t16-,18+/m1/s1. The molecule has 2 heterocycles. The summed E-state index contributed by atoms with van der Waals surface area (Å²) >= 11 is 0. The van der Waals surface area contributed by atoms with Crippen molar-refractivity contribution in [2.45, 2.75) is 44.4 Å². The van der Waals surface area contributed by atoms with E-state index in [4.69, 9.17) is 4.74 Å². The molecule has 0 unspecified atom stereocenters. The van der Waals surface area contributed by atoms with E-state index in [-0.39, 0.29) is 0 Å². The molecule has 1 aromatic carbocycles. The molecule has 138 valence electrons. The van der Waals surface area contributed by atoms with Gasteiger partial charge in [0, 0.05) is 26.1 Å². The van der Waals surface area contributed by atoms with Crippen LogP contribution in [0.25, 0.3) is 0 Å². The lowest BCUT2D eigenvalue weighted by Gasteiger charge is -2.26. The Hall–Kier alpha value is -1.63. The molecule has 0 aromatic heterocycles. The second-order valence-corrected chi connectivity index (χ2v) is 7.07. The third-order valence-electron chi connectivity index (χ3n) is 5.08. The van der Waals surface area contributed by atoms with E-state index in [1.807, 2.05) is 29.2 Å². The highest BCUT2D eigenvalue weighted by Gasteiger charge is 2.35. The van der Waals surface area contributed by atoms with Crippen molar-refractivity contribution in [1.29, 1.82) is 0 Å². The Balaban J connectivity index is 1.51. The molecular weight excluding hydrogens is 320 g/mol. The molecule has 1 aromatic rings. The maximum atomic E-state index is 11.3. The fourth-order valence-corrected chi connectivity index (χ4v) is 3.75. The highest BCUT2D eigenvalue weighted by molar-refractivity contribution is 5.74. The van der Waals surface area contributed by atoms with Gasteiger partial charge >= 0.3 is 5.97 Å². The monoisotopic (exact) mass is 348 g/mol. The van der Waals surface area contributed by atoms with Gasteiger partial charge in [0.15, 0.2) is 0 Å². The van der Waals surface area contributed by atoms with Gasteiger partial charge in [-0.3, -0.25) is 14.6 Å². The normalized spacial score (nSPS) is 25.2. The SMILES string of the molecule is O=C(O)[C@@H]1C[C@@H](O)CN1Cc1cccc(OCCN2CCCCC2)c1. The molecule has 0 spiro atoms. The van der Waals surface area contributed by atoms with E-state index < -0.39 is 18.1 Å². The summed E-state index contributed by atoms with van der Waals surface area (Å²) in [5.74, 6) is -0.0494. The number of aliphatic hydroxyl groups excluding tert-OH is 1. The third kappa shape index (κ3) is 5.17. The molecule has 2 atom stereocenters. The van der Waals surface area contributed by atoms with Crippen molar-refractivity contribution in [1.82, 2.24) is 9.80 Å². The Bertz CT molecular complexity index is 574. The van der Waals surface area contributed by atoms with Crippen molar-refractivity contribution < 1.29 is 19.7 Å². The minimum atomic E-state index is -0.870. The number of carbonyl (C=O) groups is 1. The number of aliphatic hydroxyl groups is 1. The molecule has 6 nitrogen and oxygen atoms in total. The average molecular weight is 348 g/mol. The van der Waals surface area contributed by atoms with Crippen LogP contribution in [0.4, 0.5) is 0 Å². The number of piperidine rings is 1. The van der Waals surface area contributed by atoms with E-state index in [2.05, 4.69) is 4.90 Å². The van der Waals surface area contributed by atoms with E-state index >= 15 is 0 Å². The zero-order valence-corrected chi connectivity index (χ0v) is 14.6. The molecule has 3 rings (SSSR count). The summed E-state index contributed by atoms with van der Waals surface area (Å²) in [5, 5.41) is 19.0. The van der Waals surface area contributed by atoms with Crippen LogP contribution >= 0.6 is 0 Å². The van der Waals surface area contributed by atoms with Gasteiger partial charge < -0.3 is 14.9 Å². The first-order valence-corrected chi connectivity index (χ1v) is 9.21. The van der Waals surface area contributed by atoms with Gasteiger partial charge in [-0.15, -0.1) is 0 Å². The quantitative estimate of drug-likeness (QED) is 0.779. The van der Waals surface area contributed by atoms with E-state index in [0.717, 1.165) is 30.9 Å². The van der Waals surface area contributed by atoms with Crippen LogP contribution < -0.4 is 4.74 Å². The summed E-state index contributed by atoms with van der Waals surface area (Å²) in [6.45, 7) is 4.86. The summed E-state index contributed by atoms with van der Waals surface area (Å²) in [7, 11) is 0. The fraction of sp³-hybridized carbons (Fsp3) is 0.632. The molecule has 2 fully saturated rings. The second kappa shape index (κ2) is 8.65. The smallest absolute Gasteiger partial charge is 0.321 e. The Morgan fingerprint density at radius 2 is 2.04 bits per heavy atom. The van der Waals surface area contributed by atoms with Gasteiger partial charge in [-0.2, -0.15) is 0 Å². The lowest BCUT2D eigenvalue weighted by atomic mass is 10.1. The number of β-amino-alcohol motifs (C(OH)–C–C–N with tert-alkyl or cyclic N) is 1. The minimum Gasteiger partial charge on any atom is -0.492 e. The summed E-state index contributed by atoms with van der Waals surface area (Å²) in [6, 6.07) is 7.21. The molecule has 2 saturated heterocycles. The van der Waals surface area contributed by atoms with Crippen LogP contribution in [0.1, 0.15) is 31.2 Å². The van der Waals surface area contributed by atoms with Crippen molar-refractivity contribution in [2.75, 3.05) is 32.8 Å². The number of carboxylic acid groups (broad SMARTS) is 1. The molecular formula is C19H28N2O4. The van der Waals surface area contributed by atoms with Crippen LogP contribution in [0.3, 0.4) is 0 Å². The first-order valence-electron chi connectivity index (χ1n) is 9.21. The first-order chi connectivity index (χ1) is 12.1. The number of rotatable bonds is 7. The molecule has 25 heavy (non-hydrogen) atoms. The Morgan fingerprint density at radius 1 is 1.24 bits per heavy atom. The maximum Gasteiger partial charge on any atom is 0.321 e. The Morgan fingerprint density at radius 3 is 2.80 bits per heavy atom. The number of carboxylic acids is 1. The highest BCUT2D eigenvalue weighted by Crippen LogP contribution is 2.22. The lowest BCUT2D eigenvalue weighted by Crippen LogP contribution is -2.35. The largest absolute Gasteiger partial charge is 0.492 e. The number of hydrogen-bond donors (Lipinski definition) is 2. The molecule has 2 N–H and O–H groups in total. The van der Waals surface area contributed by atoms with Gasteiger partial charge in [-0.05, 0) is 43.6 Å². The summed E-state index contributed by atoms with van der Waals surface area (Å²) in [5.41, 5.74) is 1.01. The van der Waals surface area contributed by atoms with Gasteiger partial charge in [0.2, 0.25) is 0 Å². The van der Waals surface area contributed by atoms with Crippen LogP contribution in [0.2, 0.25) is 0 Å². The molecule has 0 radical (unpaired) electrons. The van der Waals surface area contributed by atoms with Crippen molar-refractivity contribution >= 4 is 5.97 Å². The number of benzene rings is 1. The molecule has 0 saturated carbocycles. The molecule has 0 amide bonds. The lowest BCUT2D eigenvalue weighted by molar-refractivity contribution is -0.142. The summed E-state index contributed by atoms with van der Waals surface area (Å²) in [6.07, 6.45) is 3.62. The van der Waals surface area contributed by atoms with Gasteiger partial charge in [0.1, 0.15) is 18.4 Å². The third-order valence-corrected chi connectivity index (χ3v) is 5.08. The van der Waals surface area contributed by atoms with Crippen LogP contribution in [-0.4, -0.2) is 70.9 Å². The van der Waals surface area contributed by atoms with Crippen LogP contribution in [0.15, 0.2) is 24.3 Å². The average Bonchev–Trinajstić information content (AvgIpc) is 2.97. The van der Waals surface area contributed by atoms with Crippen LogP contribution in [0.5, 0.6) is 5.75 Å². The van der Waals surface area contributed by atoms with E-state index in [1.165, 1.54) is 19.3 Å². The van der Waals surface area contributed by atoms with Crippen molar-refractivity contribution in [2.24, 2.45) is 0 Å². The molecule has 0 aliphatic carbocycles. The van der Waals surface area contributed by atoms with Gasteiger partial charge in [0.25, 0.3) is 0 Å². The van der Waals surface area contributed by atoms with Gasteiger partial charge in [-0.1, -0.05) is 18.6 Å². The minimum absolute atomic E-state index is 0.293. The van der Waals surface area contributed by atoms with E-state index in [9.17, 15) is 15.0 Å². The number of ether oxygens (including phenoxy) is 1. The van der Waals surface area contributed by atoms with Crippen LogP contribution in [-0.2, 0) is 11.3 Å². The van der Waals surface area contributed by atoms with Crippen molar-refractivity contribution in [3.05, 3.63) is 29.8 Å². The van der Waals surface area contributed by atoms with Gasteiger partial charge in [0.05, 0.1) is 6.10 Å². The second-order valence-electron chi connectivity index (χ2n) is 7.07. The van der Waals surface area contributed by atoms with E-state index in [0.29, 0.717) is 26.1 Å². The number of nitrogens with zero attached hydrogens (tertiary/aromatic N) is 2. The fourth-order valence-electron chi connectivity index (χ4n) is 3.75. The summed E-state index contributed by atoms with van der Waals surface area (Å²) in [4.78, 5) is 15.6. The number of hydrogen-bond acceptors (Lipinski definition) is 5. The molecule has 2 aliphatic heterocycles. The summed E-state index contributed by atoms with van der Waals surface area (Å²) < 4.78 is 5.88. The zero-order valence-electron chi connectivity index (χ0n) is 14.6. The number of likely N-dealkylation sites (tertiary alicyclic amines) is 2. The van der Waals surface area contributed by atoms with Crippen molar-refractivity contribution in [3.63, 3.8) is 0 Å². The Labute approximate surface area is 149 Å². The predicted octanol–water partition coefficient (Wildman–Crippen LogP) is 1.57. The van der Waals surface area contributed by atoms with Crippen LogP contribution in [0, 0.1) is 0 Å². The topological polar surface area (TPSA) is 73.2 Å². The highest BCUT2D eigenvalue weighted by atomic mass is 16.5. The molecule has 0 bridgehead atoms. The maximum absolute atomic E-state index is 11.3. The van der Waals surface area contributed by atoms with Gasteiger partial charge in [-0.25, -0.2) is 0 Å². The first kappa shape index (κ1) is 18.2.